The first-order valence-corrected chi connectivity index (χ1v) is 16.8. The fourth-order valence-corrected chi connectivity index (χ4v) is 7.75. The Morgan fingerprint density at radius 1 is 0.653 bits per heavy atom. The van der Waals surface area contributed by atoms with Gasteiger partial charge in [-0.15, -0.1) is 0 Å². The summed E-state index contributed by atoms with van der Waals surface area (Å²) < 4.78 is 0. The van der Waals surface area contributed by atoms with Gasteiger partial charge in [-0.3, -0.25) is 9.59 Å². The molecule has 7 rings (SSSR count). The van der Waals surface area contributed by atoms with Gasteiger partial charge < -0.3 is 9.90 Å². The topological polar surface area (TPSA) is 71.4 Å². The van der Waals surface area contributed by atoms with E-state index in [0.29, 0.717) is 6.42 Å². The van der Waals surface area contributed by atoms with Gasteiger partial charge in [-0.05, 0) is 85.6 Å². The molecule has 1 saturated carbocycles. The molecule has 248 valence electrons. The van der Waals surface area contributed by atoms with Crippen LogP contribution in [0, 0.1) is 16.7 Å². The molecule has 4 nitrogen and oxygen atoms in total. The van der Waals surface area contributed by atoms with Crippen molar-refractivity contribution < 1.29 is 19.5 Å². The van der Waals surface area contributed by atoms with Crippen LogP contribution in [0.4, 0.5) is 0 Å². The van der Waals surface area contributed by atoms with Gasteiger partial charge in [0.25, 0.3) is 0 Å². The number of aldehydes is 1. The number of hydrogen-bond donors (Lipinski definition) is 1. The second-order valence-electron chi connectivity index (χ2n) is 13.1. The Hall–Kier alpha value is -5.19. The standard InChI is InChI=1S/C22H20O2.C19H16O.C4H8O/c1-21-13-17(14-23)22(2,20(21)24)19(16-11-7-4-8-12-16)18(21)15-9-5-3-6-10-15;1-13-17(15-9-5-3-6-10-15)18(14(2)19(13)20)16-11-7-4-8-12-16;1-2-3-4-5/h3-12,14,17H,13H2,1-2H3;3-12H,1-2H3;2-3,5H,4H2,1H3/b;;3-2-. The first-order chi connectivity index (χ1) is 23.6. The molecule has 0 aliphatic heterocycles. The number of aliphatic hydroxyl groups is 1. The van der Waals surface area contributed by atoms with Crippen LogP contribution < -0.4 is 0 Å². The number of Topliss-reactive ketones (excluding diaryl/α,β-unsaturated/α-hetero) is 2. The van der Waals surface area contributed by atoms with Crippen molar-refractivity contribution in [3.63, 3.8) is 0 Å². The number of allylic oxidation sites excluding steroid dienone is 7. The zero-order valence-electron chi connectivity index (χ0n) is 28.9. The summed E-state index contributed by atoms with van der Waals surface area (Å²) in [5.41, 5.74) is 8.96. The summed E-state index contributed by atoms with van der Waals surface area (Å²) in [5, 5.41) is 7.98. The van der Waals surface area contributed by atoms with Crippen LogP contribution in [-0.2, 0) is 14.4 Å². The van der Waals surface area contributed by atoms with Gasteiger partial charge in [-0.2, -0.15) is 0 Å². The van der Waals surface area contributed by atoms with E-state index in [-0.39, 0.29) is 24.1 Å². The zero-order chi connectivity index (χ0) is 35.2. The number of carbonyl (C=O) groups is 3. The predicted molar refractivity (Wildman–Crippen MR) is 200 cm³/mol. The largest absolute Gasteiger partial charge is 0.392 e. The van der Waals surface area contributed by atoms with E-state index in [2.05, 4.69) is 36.4 Å². The maximum Gasteiger partial charge on any atom is 0.185 e. The average molecular weight is 649 g/mol. The Labute approximate surface area is 290 Å². The van der Waals surface area contributed by atoms with Crippen LogP contribution in [0.5, 0.6) is 0 Å². The van der Waals surface area contributed by atoms with Crippen molar-refractivity contribution in [1.29, 1.82) is 0 Å². The number of hydrogen-bond acceptors (Lipinski definition) is 4. The predicted octanol–water partition coefficient (Wildman–Crippen LogP) is 9.48. The first-order valence-electron chi connectivity index (χ1n) is 16.8. The van der Waals surface area contributed by atoms with Gasteiger partial charge in [0.2, 0.25) is 0 Å². The Morgan fingerprint density at radius 2 is 1.04 bits per heavy atom. The second kappa shape index (κ2) is 14.9. The lowest BCUT2D eigenvalue weighted by Gasteiger charge is -2.33. The normalized spacial score (nSPS) is 22.7. The maximum atomic E-state index is 13.3. The minimum absolute atomic E-state index is 0.155. The number of fused-ring (bicyclic) bond motifs is 2. The molecule has 4 heteroatoms. The highest BCUT2D eigenvalue weighted by atomic mass is 16.2. The monoisotopic (exact) mass is 648 g/mol. The first kappa shape index (κ1) is 35.1. The molecular weight excluding hydrogens is 604 g/mol. The number of aliphatic hydroxyl groups excluding tert-OH is 1. The molecule has 3 atom stereocenters. The summed E-state index contributed by atoms with van der Waals surface area (Å²) in [7, 11) is 0. The maximum absolute atomic E-state index is 13.3. The summed E-state index contributed by atoms with van der Waals surface area (Å²) in [6.45, 7) is 9.84. The van der Waals surface area contributed by atoms with Gasteiger partial charge in [-0.25, -0.2) is 0 Å². The van der Waals surface area contributed by atoms with Crippen LogP contribution in [0.1, 0.15) is 63.3 Å². The van der Waals surface area contributed by atoms with Crippen LogP contribution in [0.3, 0.4) is 0 Å². The quantitative estimate of drug-likeness (QED) is 0.167. The number of rotatable bonds is 6. The highest BCUT2D eigenvalue weighted by Crippen LogP contribution is 2.68. The molecule has 0 spiro atoms. The molecule has 3 unspecified atom stereocenters. The summed E-state index contributed by atoms with van der Waals surface area (Å²) in [5.74, 6) is 0.0881. The van der Waals surface area contributed by atoms with Gasteiger partial charge in [-0.1, -0.05) is 133 Å². The van der Waals surface area contributed by atoms with Gasteiger partial charge in [0.05, 0.1) is 17.4 Å². The van der Waals surface area contributed by atoms with Crippen molar-refractivity contribution in [1.82, 2.24) is 0 Å². The Bertz CT molecular complexity index is 1890. The fourth-order valence-electron chi connectivity index (χ4n) is 7.75. The average Bonchev–Trinajstić information content (AvgIpc) is 3.57. The SMILES string of the molecule is C/C=C\CO.CC12CC(C=O)C(C)(C1=O)C(c1ccccc1)=C2c1ccccc1.CC1=C(c2ccccc2)C(c2ccccc2)=C(C)C1=O. The third-order valence-corrected chi connectivity index (χ3v) is 10.1. The minimum Gasteiger partial charge on any atom is -0.392 e. The molecule has 0 aromatic heterocycles. The molecule has 0 amide bonds. The lowest BCUT2D eigenvalue weighted by atomic mass is 9.68. The van der Waals surface area contributed by atoms with E-state index in [1.54, 1.807) is 12.2 Å². The van der Waals surface area contributed by atoms with E-state index in [1.165, 1.54) is 0 Å². The molecule has 0 heterocycles. The van der Waals surface area contributed by atoms with Crippen molar-refractivity contribution in [2.45, 2.75) is 41.0 Å². The van der Waals surface area contributed by atoms with Crippen molar-refractivity contribution in [2.24, 2.45) is 16.7 Å². The second-order valence-corrected chi connectivity index (χ2v) is 13.1. The summed E-state index contributed by atoms with van der Waals surface area (Å²) in [6.07, 6.45) is 5.07. The molecule has 3 aliphatic rings. The van der Waals surface area contributed by atoms with E-state index in [0.717, 1.165) is 62.0 Å². The van der Waals surface area contributed by atoms with E-state index < -0.39 is 10.8 Å². The molecular formula is C45H44O4. The zero-order valence-corrected chi connectivity index (χ0v) is 28.9. The Balaban J connectivity index is 0.000000170. The Morgan fingerprint density at radius 3 is 1.39 bits per heavy atom. The van der Waals surface area contributed by atoms with Crippen LogP contribution in [-0.4, -0.2) is 29.6 Å². The van der Waals surface area contributed by atoms with E-state index in [1.807, 2.05) is 120 Å². The van der Waals surface area contributed by atoms with Crippen LogP contribution in [0.2, 0.25) is 0 Å². The van der Waals surface area contributed by atoms with Crippen LogP contribution >= 0.6 is 0 Å². The fraction of sp³-hybridized carbons (Fsp3) is 0.222. The highest BCUT2D eigenvalue weighted by Gasteiger charge is 2.67. The van der Waals surface area contributed by atoms with E-state index in [9.17, 15) is 14.4 Å². The molecule has 49 heavy (non-hydrogen) atoms. The minimum atomic E-state index is -0.733. The van der Waals surface area contributed by atoms with Gasteiger partial charge in [0, 0.05) is 17.1 Å². The van der Waals surface area contributed by atoms with Gasteiger partial charge >= 0.3 is 0 Å². The number of benzene rings is 4. The summed E-state index contributed by atoms with van der Waals surface area (Å²) >= 11 is 0. The third kappa shape index (κ3) is 6.37. The smallest absolute Gasteiger partial charge is 0.185 e. The van der Waals surface area contributed by atoms with Crippen LogP contribution in [0.15, 0.2) is 145 Å². The number of ketones is 2. The lowest BCUT2D eigenvalue weighted by Crippen LogP contribution is -2.30. The molecule has 4 aromatic carbocycles. The molecule has 2 bridgehead atoms. The third-order valence-electron chi connectivity index (χ3n) is 10.1. The van der Waals surface area contributed by atoms with Gasteiger partial charge in [0.15, 0.2) is 11.6 Å². The highest BCUT2D eigenvalue weighted by molar-refractivity contribution is 6.31. The summed E-state index contributed by atoms with van der Waals surface area (Å²) in [6, 6.07) is 40.5. The lowest BCUT2D eigenvalue weighted by molar-refractivity contribution is -0.128. The molecule has 0 radical (unpaired) electrons. The van der Waals surface area contributed by atoms with Gasteiger partial charge in [0.1, 0.15) is 6.29 Å². The number of carbonyl (C=O) groups excluding carboxylic acids is 3. The summed E-state index contributed by atoms with van der Waals surface area (Å²) in [4.78, 5) is 37.4. The molecule has 0 saturated heterocycles. The molecule has 4 aromatic rings. The van der Waals surface area contributed by atoms with E-state index in [4.69, 9.17) is 5.11 Å². The van der Waals surface area contributed by atoms with Crippen LogP contribution in [0.25, 0.3) is 22.3 Å². The Kier molecular flexibility index (Phi) is 10.7. The molecule has 3 aliphatic carbocycles. The van der Waals surface area contributed by atoms with Crippen molar-refractivity contribution >= 4 is 40.1 Å². The molecule has 1 fully saturated rings. The van der Waals surface area contributed by atoms with Crippen molar-refractivity contribution in [3.05, 3.63) is 167 Å². The van der Waals surface area contributed by atoms with Crippen molar-refractivity contribution in [3.8, 4) is 0 Å². The van der Waals surface area contributed by atoms with Crippen molar-refractivity contribution in [2.75, 3.05) is 6.61 Å². The molecule has 1 N–H and O–H groups in total. The van der Waals surface area contributed by atoms with E-state index >= 15 is 0 Å².